The highest BCUT2D eigenvalue weighted by Crippen LogP contribution is 2.23. The monoisotopic (exact) mass is 257 g/mol. The van der Waals surface area contributed by atoms with E-state index in [0.717, 1.165) is 5.56 Å². The van der Waals surface area contributed by atoms with Crippen molar-refractivity contribution in [2.24, 2.45) is 0 Å². The number of rotatable bonds is 3. The Labute approximate surface area is 111 Å². The molecule has 0 aliphatic carbocycles. The SMILES string of the molecule is COc1ccc(O)c(C(=O)Nc2ccc(C)cc2)c1. The third-order valence-corrected chi connectivity index (χ3v) is 2.76. The minimum Gasteiger partial charge on any atom is -0.507 e. The van der Waals surface area contributed by atoms with Crippen LogP contribution in [-0.2, 0) is 0 Å². The zero-order valence-corrected chi connectivity index (χ0v) is 10.8. The fourth-order valence-electron chi connectivity index (χ4n) is 1.66. The second kappa shape index (κ2) is 5.44. The summed E-state index contributed by atoms with van der Waals surface area (Å²) in [5.74, 6) is 0.0671. The molecular formula is C15H15NO3. The molecule has 98 valence electrons. The van der Waals surface area contributed by atoms with E-state index in [4.69, 9.17) is 4.74 Å². The normalized spacial score (nSPS) is 10.0. The summed E-state index contributed by atoms with van der Waals surface area (Å²) in [6.45, 7) is 1.97. The van der Waals surface area contributed by atoms with Crippen LogP contribution >= 0.6 is 0 Å². The van der Waals surface area contributed by atoms with Crippen molar-refractivity contribution in [2.45, 2.75) is 6.92 Å². The summed E-state index contributed by atoms with van der Waals surface area (Å²) in [5.41, 5.74) is 1.97. The van der Waals surface area contributed by atoms with Gasteiger partial charge in [0.15, 0.2) is 0 Å². The lowest BCUT2D eigenvalue weighted by atomic mass is 10.1. The maximum absolute atomic E-state index is 12.1. The zero-order chi connectivity index (χ0) is 13.8. The van der Waals surface area contributed by atoms with E-state index < -0.39 is 0 Å². The van der Waals surface area contributed by atoms with Crippen LogP contribution < -0.4 is 10.1 Å². The van der Waals surface area contributed by atoms with E-state index in [1.807, 2.05) is 31.2 Å². The first kappa shape index (κ1) is 13.0. The largest absolute Gasteiger partial charge is 0.507 e. The third kappa shape index (κ3) is 3.04. The molecule has 0 aliphatic rings. The molecule has 0 saturated carbocycles. The number of methoxy groups -OCH3 is 1. The number of carbonyl (C=O) groups is 1. The molecule has 2 rings (SSSR count). The van der Waals surface area contributed by atoms with Crippen LogP contribution in [0.5, 0.6) is 11.5 Å². The van der Waals surface area contributed by atoms with Crippen molar-refractivity contribution in [3.8, 4) is 11.5 Å². The Morgan fingerprint density at radius 3 is 2.47 bits per heavy atom. The molecule has 4 heteroatoms. The molecule has 0 unspecified atom stereocenters. The summed E-state index contributed by atoms with van der Waals surface area (Å²) in [6, 6.07) is 12.0. The van der Waals surface area contributed by atoms with Gasteiger partial charge in [-0.3, -0.25) is 4.79 Å². The van der Waals surface area contributed by atoms with Gasteiger partial charge in [-0.15, -0.1) is 0 Å². The number of hydrogen-bond donors (Lipinski definition) is 2. The number of carbonyl (C=O) groups excluding carboxylic acids is 1. The number of hydrogen-bond acceptors (Lipinski definition) is 3. The first-order valence-corrected chi connectivity index (χ1v) is 5.85. The Hall–Kier alpha value is -2.49. The molecule has 0 saturated heterocycles. The summed E-state index contributed by atoms with van der Waals surface area (Å²) in [6.07, 6.45) is 0. The average Bonchev–Trinajstić information content (AvgIpc) is 2.42. The summed E-state index contributed by atoms with van der Waals surface area (Å²) >= 11 is 0. The highest BCUT2D eigenvalue weighted by atomic mass is 16.5. The maximum atomic E-state index is 12.1. The highest BCUT2D eigenvalue weighted by Gasteiger charge is 2.12. The highest BCUT2D eigenvalue weighted by molar-refractivity contribution is 6.06. The first-order valence-electron chi connectivity index (χ1n) is 5.85. The first-order chi connectivity index (χ1) is 9.10. The van der Waals surface area contributed by atoms with Crippen molar-refractivity contribution in [1.29, 1.82) is 0 Å². The van der Waals surface area contributed by atoms with Crippen molar-refractivity contribution >= 4 is 11.6 Å². The molecule has 2 aromatic carbocycles. The summed E-state index contributed by atoms with van der Waals surface area (Å²) in [7, 11) is 1.51. The van der Waals surface area contributed by atoms with Crippen LogP contribution in [0.2, 0.25) is 0 Å². The van der Waals surface area contributed by atoms with Gasteiger partial charge in [-0.05, 0) is 37.3 Å². The quantitative estimate of drug-likeness (QED) is 0.888. The maximum Gasteiger partial charge on any atom is 0.259 e. The van der Waals surface area contributed by atoms with Crippen LogP contribution in [0, 0.1) is 6.92 Å². The molecule has 0 aliphatic heterocycles. The number of phenolic OH excluding ortho intramolecular Hbond substituents is 1. The standard InChI is InChI=1S/C15H15NO3/c1-10-3-5-11(6-4-10)16-15(18)13-9-12(19-2)7-8-14(13)17/h3-9,17H,1-2H3,(H,16,18). The topological polar surface area (TPSA) is 58.6 Å². The zero-order valence-electron chi connectivity index (χ0n) is 10.8. The molecule has 0 atom stereocenters. The van der Waals surface area contributed by atoms with E-state index in [2.05, 4.69) is 5.32 Å². The molecule has 4 nitrogen and oxygen atoms in total. The Kier molecular flexibility index (Phi) is 3.71. The van der Waals surface area contributed by atoms with Crippen LogP contribution in [-0.4, -0.2) is 18.1 Å². The van der Waals surface area contributed by atoms with E-state index >= 15 is 0 Å². The smallest absolute Gasteiger partial charge is 0.259 e. The summed E-state index contributed by atoms with van der Waals surface area (Å²) in [4.78, 5) is 12.1. The Balaban J connectivity index is 2.22. The second-order valence-corrected chi connectivity index (χ2v) is 4.20. The Morgan fingerprint density at radius 1 is 1.16 bits per heavy atom. The van der Waals surface area contributed by atoms with E-state index in [1.165, 1.54) is 19.2 Å². The van der Waals surface area contributed by atoms with Crippen LogP contribution in [0.3, 0.4) is 0 Å². The van der Waals surface area contributed by atoms with Crippen LogP contribution in [0.4, 0.5) is 5.69 Å². The molecule has 2 aromatic rings. The molecule has 0 radical (unpaired) electrons. The molecular weight excluding hydrogens is 242 g/mol. The number of aryl methyl sites for hydroxylation is 1. The Morgan fingerprint density at radius 2 is 1.84 bits per heavy atom. The number of nitrogens with one attached hydrogen (secondary N) is 1. The van der Waals surface area contributed by atoms with Crippen molar-refractivity contribution in [2.75, 3.05) is 12.4 Å². The van der Waals surface area contributed by atoms with E-state index in [9.17, 15) is 9.90 Å². The summed E-state index contributed by atoms with van der Waals surface area (Å²) < 4.78 is 5.03. The van der Waals surface area contributed by atoms with E-state index in [1.54, 1.807) is 6.07 Å². The van der Waals surface area contributed by atoms with Gasteiger partial charge in [-0.2, -0.15) is 0 Å². The van der Waals surface area contributed by atoms with Gasteiger partial charge >= 0.3 is 0 Å². The fourth-order valence-corrected chi connectivity index (χ4v) is 1.66. The molecule has 19 heavy (non-hydrogen) atoms. The van der Waals surface area contributed by atoms with Gasteiger partial charge in [0.1, 0.15) is 11.5 Å². The van der Waals surface area contributed by atoms with Crippen molar-refractivity contribution in [1.82, 2.24) is 0 Å². The molecule has 0 bridgehead atoms. The molecule has 0 heterocycles. The second-order valence-electron chi connectivity index (χ2n) is 4.20. The van der Waals surface area contributed by atoms with Crippen molar-refractivity contribution < 1.29 is 14.6 Å². The van der Waals surface area contributed by atoms with Crippen molar-refractivity contribution in [3.05, 3.63) is 53.6 Å². The lowest BCUT2D eigenvalue weighted by Crippen LogP contribution is -2.12. The molecule has 0 spiro atoms. The molecule has 2 N–H and O–H groups in total. The lowest BCUT2D eigenvalue weighted by molar-refractivity contribution is 0.102. The van der Waals surface area contributed by atoms with Crippen LogP contribution in [0.25, 0.3) is 0 Å². The number of anilines is 1. The minimum absolute atomic E-state index is 0.0783. The number of aromatic hydroxyl groups is 1. The van der Waals surface area contributed by atoms with Crippen molar-refractivity contribution in [3.63, 3.8) is 0 Å². The average molecular weight is 257 g/mol. The van der Waals surface area contributed by atoms with Gasteiger partial charge in [0.2, 0.25) is 0 Å². The van der Waals surface area contributed by atoms with E-state index in [0.29, 0.717) is 11.4 Å². The predicted octanol–water partition coefficient (Wildman–Crippen LogP) is 2.96. The van der Waals surface area contributed by atoms with Gasteiger partial charge in [-0.25, -0.2) is 0 Å². The van der Waals surface area contributed by atoms with Gasteiger partial charge in [0, 0.05) is 5.69 Å². The van der Waals surface area contributed by atoms with Gasteiger partial charge in [-0.1, -0.05) is 17.7 Å². The molecule has 0 fully saturated rings. The third-order valence-electron chi connectivity index (χ3n) is 2.76. The Bertz CT molecular complexity index is 591. The van der Waals surface area contributed by atoms with Gasteiger partial charge in [0.05, 0.1) is 12.7 Å². The van der Waals surface area contributed by atoms with Gasteiger partial charge < -0.3 is 15.2 Å². The molecule has 1 amide bonds. The van der Waals surface area contributed by atoms with Crippen LogP contribution in [0.1, 0.15) is 15.9 Å². The summed E-state index contributed by atoms with van der Waals surface area (Å²) in [5, 5.41) is 12.4. The fraction of sp³-hybridized carbons (Fsp3) is 0.133. The van der Waals surface area contributed by atoms with E-state index in [-0.39, 0.29) is 17.2 Å². The lowest BCUT2D eigenvalue weighted by Gasteiger charge is -2.08. The van der Waals surface area contributed by atoms with Crippen LogP contribution in [0.15, 0.2) is 42.5 Å². The molecule has 0 aromatic heterocycles. The number of phenols is 1. The number of ether oxygens (including phenoxy) is 1. The minimum atomic E-state index is -0.375. The van der Waals surface area contributed by atoms with Gasteiger partial charge in [0.25, 0.3) is 5.91 Å². The number of amides is 1. The predicted molar refractivity (Wildman–Crippen MR) is 73.8 cm³/mol. The number of benzene rings is 2.